The molecule has 2 unspecified atom stereocenters. The Morgan fingerprint density at radius 2 is 1.46 bits per heavy atom. The van der Waals surface area contributed by atoms with Crippen molar-refractivity contribution in [3.05, 3.63) is 102 Å². The molecule has 3 aromatic rings. The zero-order valence-electron chi connectivity index (χ0n) is 21.8. The van der Waals surface area contributed by atoms with Crippen molar-refractivity contribution in [3.63, 3.8) is 0 Å². The van der Waals surface area contributed by atoms with Gasteiger partial charge >= 0.3 is 5.97 Å². The minimum absolute atomic E-state index is 0.158. The molecule has 1 N–H and O–H groups in total. The van der Waals surface area contributed by atoms with E-state index in [2.05, 4.69) is 14.1 Å². The van der Waals surface area contributed by atoms with Gasteiger partial charge in [-0.3, -0.25) is 0 Å². The first kappa shape index (κ1) is 25.5. The first-order chi connectivity index (χ1) is 17.9. The van der Waals surface area contributed by atoms with Crippen LogP contribution in [0.1, 0.15) is 36.8 Å². The lowest BCUT2D eigenvalue weighted by Gasteiger charge is -2.40. The first-order valence-corrected chi connectivity index (χ1v) is 13.4. The lowest BCUT2D eigenvalue weighted by Crippen LogP contribution is -2.53. The van der Waals surface area contributed by atoms with Crippen molar-refractivity contribution in [2.75, 3.05) is 27.2 Å². The van der Waals surface area contributed by atoms with Gasteiger partial charge in [-0.25, -0.2) is 4.79 Å². The number of hydrogen-bond acceptors (Lipinski definition) is 4. The number of para-hydroxylation sites is 1. The second-order valence-electron chi connectivity index (χ2n) is 11.1. The van der Waals surface area contributed by atoms with Crippen molar-refractivity contribution in [2.45, 2.75) is 43.4 Å². The summed E-state index contributed by atoms with van der Waals surface area (Å²) in [6, 6.07) is 28.7. The van der Waals surface area contributed by atoms with Crippen LogP contribution in [-0.4, -0.2) is 55.0 Å². The SMILES string of the molecule is C[N+](C)(CCCOc1ccccc1)[C@H]1CC2CC[C@@H]1C2OC(=O)C(O)(c1ccccc1)c1ccccc1. The third-order valence-electron chi connectivity index (χ3n) is 8.51. The monoisotopic (exact) mass is 500 g/mol. The van der Waals surface area contributed by atoms with E-state index in [0.29, 0.717) is 35.6 Å². The average molecular weight is 501 g/mol. The number of esters is 1. The number of rotatable bonds is 10. The minimum atomic E-state index is -1.83. The number of nitrogens with zero attached hydrogens (tertiary/aromatic N) is 1. The van der Waals surface area contributed by atoms with Crippen molar-refractivity contribution < 1.29 is 23.9 Å². The Balaban J connectivity index is 1.27. The molecule has 2 saturated carbocycles. The molecule has 5 rings (SSSR count). The smallest absolute Gasteiger partial charge is 0.347 e. The maximum atomic E-state index is 13.7. The van der Waals surface area contributed by atoms with Gasteiger partial charge in [0.05, 0.1) is 33.3 Å². The maximum Gasteiger partial charge on any atom is 0.347 e. The number of ether oxygens (including phenoxy) is 2. The molecule has 3 aromatic carbocycles. The molecule has 194 valence electrons. The highest BCUT2D eigenvalue weighted by Gasteiger charge is 2.57. The fourth-order valence-electron chi connectivity index (χ4n) is 6.53. The van der Waals surface area contributed by atoms with Crippen LogP contribution in [0.5, 0.6) is 5.75 Å². The summed E-state index contributed by atoms with van der Waals surface area (Å²) < 4.78 is 13.1. The molecule has 2 aliphatic carbocycles. The minimum Gasteiger partial charge on any atom is -0.493 e. The maximum absolute atomic E-state index is 13.7. The lowest BCUT2D eigenvalue weighted by atomic mass is 9.86. The summed E-state index contributed by atoms with van der Waals surface area (Å²) in [5.41, 5.74) is -0.774. The summed E-state index contributed by atoms with van der Waals surface area (Å²) in [7, 11) is 4.58. The number of benzene rings is 3. The Morgan fingerprint density at radius 3 is 2.05 bits per heavy atom. The van der Waals surface area contributed by atoms with Gasteiger partial charge in [-0.15, -0.1) is 0 Å². The van der Waals surface area contributed by atoms with Crippen LogP contribution >= 0.6 is 0 Å². The molecule has 0 saturated heterocycles. The molecule has 4 atom stereocenters. The molecule has 2 aliphatic rings. The van der Waals surface area contributed by atoms with E-state index >= 15 is 0 Å². The summed E-state index contributed by atoms with van der Waals surface area (Å²) in [6.07, 6.45) is 3.98. The summed E-state index contributed by atoms with van der Waals surface area (Å²) in [4.78, 5) is 13.7. The van der Waals surface area contributed by atoms with Gasteiger partial charge < -0.3 is 19.1 Å². The van der Waals surface area contributed by atoms with Crippen LogP contribution in [0.15, 0.2) is 91.0 Å². The third kappa shape index (κ3) is 5.16. The fraction of sp³-hybridized carbons (Fsp3) is 0.406. The average Bonchev–Trinajstić information content (AvgIpc) is 3.49. The number of aliphatic hydroxyl groups is 1. The molecule has 0 aliphatic heterocycles. The Hall–Kier alpha value is -3.15. The number of hydrogen-bond donors (Lipinski definition) is 1. The lowest BCUT2D eigenvalue weighted by molar-refractivity contribution is -0.918. The first-order valence-electron chi connectivity index (χ1n) is 13.4. The van der Waals surface area contributed by atoms with Gasteiger partial charge in [0.2, 0.25) is 5.60 Å². The van der Waals surface area contributed by atoms with E-state index < -0.39 is 11.6 Å². The summed E-state index contributed by atoms with van der Waals surface area (Å²) >= 11 is 0. The molecule has 0 aromatic heterocycles. The zero-order chi connectivity index (χ0) is 25.9. The van der Waals surface area contributed by atoms with Crippen LogP contribution in [0.3, 0.4) is 0 Å². The van der Waals surface area contributed by atoms with E-state index in [1.165, 1.54) is 0 Å². The highest BCUT2D eigenvalue weighted by molar-refractivity contribution is 5.85. The summed E-state index contributed by atoms with van der Waals surface area (Å²) in [6.45, 7) is 1.69. The van der Waals surface area contributed by atoms with Crippen molar-refractivity contribution in [2.24, 2.45) is 11.8 Å². The molecule has 5 heteroatoms. The van der Waals surface area contributed by atoms with E-state index in [1.807, 2.05) is 66.7 Å². The Labute approximate surface area is 220 Å². The standard InChI is InChI=1S/C32H38NO4/c1-33(2,21-12-22-36-27-17-10-5-11-18-27)29-23-24-19-20-28(29)30(24)37-31(34)32(35,25-13-6-3-7-14-25)26-15-8-4-9-16-26/h3-11,13-18,24,28-30,35H,12,19-23H2,1-2H3/q+1/t24?,28-,29-,30?/m0/s1. The van der Waals surface area contributed by atoms with Crippen LogP contribution in [0, 0.1) is 11.8 Å². The van der Waals surface area contributed by atoms with Gasteiger partial charge in [-0.1, -0.05) is 78.9 Å². The topological polar surface area (TPSA) is 55.8 Å². The van der Waals surface area contributed by atoms with E-state index in [-0.39, 0.29) is 6.10 Å². The van der Waals surface area contributed by atoms with Gasteiger partial charge in [0.15, 0.2) is 0 Å². The largest absolute Gasteiger partial charge is 0.493 e. The number of fused-ring (bicyclic) bond motifs is 2. The molecule has 0 radical (unpaired) electrons. The highest BCUT2D eigenvalue weighted by atomic mass is 16.6. The van der Waals surface area contributed by atoms with E-state index in [9.17, 15) is 9.90 Å². The second kappa shape index (κ2) is 10.7. The highest BCUT2D eigenvalue weighted by Crippen LogP contribution is 2.50. The molecule has 37 heavy (non-hydrogen) atoms. The van der Waals surface area contributed by atoms with Crippen LogP contribution in [-0.2, 0) is 15.1 Å². The van der Waals surface area contributed by atoms with Crippen LogP contribution < -0.4 is 4.74 Å². The van der Waals surface area contributed by atoms with Gasteiger partial charge in [0.25, 0.3) is 0 Å². The quantitative estimate of drug-likeness (QED) is 0.237. The molecule has 5 nitrogen and oxygen atoms in total. The molecular formula is C32H38NO4+. The Morgan fingerprint density at radius 1 is 0.892 bits per heavy atom. The number of quaternary nitrogens is 1. The summed E-state index contributed by atoms with van der Waals surface area (Å²) in [5.74, 6) is 0.973. The van der Waals surface area contributed by atoms with Crippen LogP contribution in [0.25, 0.3) is 0 Å². The van der Waals surface area contributed by atoms with Gasteiger partial charge in [-0.05, 0) is 36.1 Å². The van der Waals surface area contributed by atoms with Crippen molar-refractivity contribution in [3.8, 4) is 5.75 Å². The van der Waals surface area contributed by atoms with Gasteiger partial charge in [0.1, 0.15) is 11.9 Å². The zero-order valence-corrected chi connectivity index (χ0v) is 21.8. The van der Waals surface area contributed by atoms with E-state index in [4.69, 9.17) is 9.47 Å². The number of carbonyl (C=O) groups is 1. The third-order valence-corrected chi connectivity index (χ3v) is 8.51. The second-order valence-corrected chi connectivity index (χ2v) is 11.1. The predicted molar refractivity (Wildman–Crippen MR) is 144 cm³/mol. The molecule has 2 fully saturated rings. The van der Waals surface area contributed by atoms with Crippen molar-refractivity contribution in [1.29, 1.82) is 0 Å². The molecular weight excluding hydrogens is 462 g/mol. The predicted octanol–water partition coefficient (Wildman–Crippen LogP) is 5.18. The Kier molecular flexibility index (Phi) is 7.36. The molecule has 0 spiro atoms. The van der Waals surface area contributed by atoms with Gasteiger partial charge in [0, 0.05) is 24.7 Å². The van der Waals surface area contributed by atoms with Gasteiger partial charge in [-0.2, -0.15) is 0 Å². The van der Waals surface area contributed by atoms with Crippen LogP contribution in [0.4, 0.5) is 0 Å². The van der Waals surface area contributed by atoms with Crippen molar-refractivity contribution in [1.82, 2.24) is 0 Å². The molecule has 0 amide bonds. The molecule has 2 bridgehead atoms. The van der Waals surface area contributed by atoms with Crippen molar-refractivity contribution >= 4 is 5.97 Å². The normalized spacial score (nSPS) is 23.1. The molecule has 0 heterocycles. The fourth-order valence-corrected chi connectivity index (χ4v) is 6.53. The number of carbonyl (C=O) groups excluding carboxylic acids is 1. The van der Waals surface area contributed by atoms with Crippen LogP contribution in [0.2, 0.25) is 0 Å². The van der Waals surface area contributed by atoms with E-state index in [1.54, 1.807) is 24.3 Å². The van der Waals surface area contributed by atoms with E-state index in [0.717, 1.165) is 42.5 Å². The Bertz CT molecular complexity index is 1130. The summed E-state index contributed by atoms with van der Waals surface area (Å²) in [5, 5.41) is 11.8.